The molecule has 0 saturated heterocycles. The number of nitrogens with one attached hydrogen (secondary N) is 2. The van der Waals surface area contributed by atoms with E-state index in [1.807, 2.05) is 48.6 Å². The molecule has 8 heteroatoms. The third-order valence-electron chi connectivity index (χ3n) is 5.56. The molecule has 0 unspecified atom stereocenters. The summed E-state index contributed by atoms with van der Waals surface area (Å²) in [5.41, 5.74) is 9.59. The number of hydrogen-bond donors (Lipinski definition) is 2. The quantitative estimate of drug-likeness (QED) is 0.133. The molecule has 0 amide bonds. The average Bonchev–Trinajstić information content (AvgIpc) is 3.60. The van der Waals surface area contributed by atoms with E-state index >= 15 is 0 Å². The molecule has 2 aliphatic heterocycles. The molecule has 0 fully saturated rings. The maximum atomic E-state index is 4.80. The minimum Gasteiger partial charge on any atom is -0.355 e. The maximum absolute atomic E-state index is 4.80. The van der Waals surface area contributed by atoms with Crippen LogP contribution in [-0.4, -0.2) is 19.9 Å². The minimum atomic E-state index is 0.881. The smallest absolute Gasteiger partial charge is 0.0658 e. The summed E-state index contributed by atoms with van der Waals surface area (Å²) in [6.45, 7) is 0. The second-order valence-electron chi connectivity index (χ2n) is 7.94. The zero-order valence-electron chi connectivity index (χ0n) is 17.3. The van der Waals surface area contributed by atoms with Crippen molar-refractivity contribution in [3.8, 4) is 11.1 Å². The van der Waals surface area contributed by atoms with Gasteiger partial charge in [0.15, 0.2) is 0 Å². The van der Waals surface area contributed by atoms with E-state index in [4.69, 9.17) is 9.97 Å². The summed E-state index contributed by atoms with van der Waals surface area (Å²) in [7, 11) is 0. The van der Waals surface area contributed by atoms with Gasteiger partial charge >= 0.3 is 0 Å². The van der Waals surface area contributed by atoms with Gasteiger partial charge in [-0.3, -0.25) is 0 Å². The largest absolute Gasteiger partial charge is 0.355 e. The topological polar surface area (TPSA) is 57.4 Å². The van der Waals surface area contributed by atoms with Crippen molar-refractivity contribution in [2.45, 2.75) is 0 Å². The Bertz CT molecular complexity index is 1710. The first-order chi connectivity index (χ1) is 16.4. The predicted molar refractivity (Wildman–Crippen MR) is 155 cm³/mol. The molecule has 3 aromatic heterocycles. The van der Waals surface area contributed by atoms with Crippen LogP contribution in [0.5, 0.6) is 0 Å². The monoisotopic (exact) mass is 698 g/mol. The van der Waals surface area contributed by atoms with Crippen molar-refractivity contribution in [2.24, 2.45) is 0 Å². The highest BCUT2D eigenvalue weighted by molar-refractivity contribution is 9.15. The van der Waals surface area contributed by atoms with Gasteiger partial charge in [0.2, 0.25) is 0 Å². The van der Waals surface area contributed by atoms with E-state index in [0.717, 1.165) is 73.9 Å². The molecule has 8 bridgehead atoms. The van der Waals surface area contributed by atoms with Gasteiger partial charge in [-0.2, -0.15) is 0 Å². The lowest BCUT2D eigenvalue weighted by Crippen LogP contribution is -1.84. The summed E-state index contributed by atoms with van der Waals surface area (Å²) in [5.74, 6) is 0. The molecule has 2 aliphatic rings. The number of rotatable bonds is 1. The van der Waals surface area contributed by atoms with Gasteiger partial charge in [0.05, 0.1) is 22.8 Å². The number of nitrogens with zero attached hydrogens (tertiary/aromatic N) is 2. The fourth-order valence-corrected chi connectivity index (χ4v) is 6.23. The Morgan fingerprint density at radius 2 is 1.06 bits per heavy atom. The highest BCUT2D eigenvalue weighted by Crippen LogP contribution is 2.44. The number of hydrogen-bond acceptors (Lipinski definition) is 2. The normalized spacial score (nSPS) is 12.5. The molecule has 0 saturated carbocycles. The first-order valence-electron chi connectivity index (χ1n) is 10.3. The third kappa shape index (κ3) is 4.17. The maximum Gasteiger partial charge on any atom is 0.0658 e. The number of halogens is 4. The second kappa shape index (κ2) is 8.75. The second-order valence-corrected chi connectivity index (χ2v) is 11.2. The summed E-state index contributed by atoms with van der Waals surface area (Å²) >= 11 is 14.7. The highest BCUT2D eigenvalue weighted by atomic mass is 79.9. The zero-order valence-corrected chi connectivity index (χ0v) is 23.7. The molecule has 0 radical (unpaired) electrons. The van der Waals surface area contributed by atoms with Crippen molar-refractivity contribution >= 4 is 110 Å². The van der Waals surface area contributed by atoms with Crippen LogP contribution in [0.15, 0.2) is 66.4 Å². The number of benzene rings is 1. The van der Waals surface area contributed by atoms with E-state index in [2.05, 4.69) is 98.0 Å². The molecular weight excluding hydrogens is 688 g/mol. The van der Waals surface area contributed by atoms with Gasteiger partial charge in [0, 0.05) is 51.1 Å². The lowest BCUT2D eigenvalue weighted by atomic mass is 10.1. The molecule has 34 heavy (non-hydrogen) atoms. The SMILES string of the molecule is Brc1cc(-c2cc3cc4nc(cc5ccc(cc6nc(cc2[nH]3)C=C6)[nH]5)C=C4)c(Br)c(Br)c1Br. The Balaban J connectivity index is 1.69. The van der Waals surface area contributed by atoms with Crippen molar-refractivity contribution < 1.29 is 0 Å². The van der Waals surface area contributed by atoms with E-state index < -0.39 is 0 Å². The van der Waals surface area contributed by atoms with Crippen molar-refractivity contribution in [1.29, 1.82) is 0 Å². The van der Waals surface area contributed by atoms with Crippen LogP contribution < -0.4 is 0 Å². The highest BCUT2D eigenvalue weighted by Gasteiger charge is 2.16. The van der Waals surface area contributed by atoms with Gasteiger partial charge < -0.3 is 9.97 Å². The molecule has 6 rings (SSSR count). The van der Waals surface area contributed by atoms with Crippen LogP contribution in [0.4, 0.5) is 0 Å². The molecule has 4 nitrogen and oxygen atoms in total. The summed E-state index contributed by atoms with van der Waals surface area (Å²) in [4.78, 5) is 16.5. The Morgan fingerprint density at radius 3 is 1.68 bits per heavy atom. The molecule has 2 N–H and O–H groups in total. The van der Waals surface area contributed by atoms with Gasteiger partial charge in [0.25, 0.3) is 0 Å². The van der Waals surface area contributed by atoms with Crippen molar-refractivity contribution in [2.75, 3.05) is 0 Å². The molecule has 0 spiro atoms. The van der Waals surface area contributed by atoms with Crippen molar-refractivity contribution in [3.63, 3.8) is 0 Å². The Morgan fingerprint density at radius 1 is 0.500 bits per heavy atom. The predicted octanol–water partition coefficient (Wildman–Crippen LogP) is 9.37. The van der Waals surface area contributed by atoms with E-state index in [0.29, 0.717) is 0 Å². The zero-order chi connectivity index (χ0) is 23.4. The lowest BCUT2D eigenvalue weighted by Gasteiger charge is -2.09. The molecule has 4 aromatic rings. The third-order valence-corrected chi connectivity index (χ3v) is 10.2. The molecule has 5 heterocycles. The van der Waals surface area contributed by atoms with Crippen LogP contribution in [0.3, 0.4) is 0 Å². The van der Waals surface area contributed by atoms with E-state index in [9.17, 15) is 0 Å². The van der Waals surface area contributed by atoms with Crippen LogP contribution in [-0.2, 0) is 0 Å². The molecule has 0 atom stereocenters. The summed E-state index contributed by atoms with van der Waals surface area (Å²) in [6.07, 6.45) is 8.10. The average molecular weight is 702 g/mol. The van der Waals surface area contributed by atoms with Crippen molar-refractivity contribution in [1.82, 2.24) is 19.9 Å². The first-order valence-corrected chi connectivity index (χ1v) is 13.5. The lowest BCUT2D eigenvalue weighted by molar-refractivity contribution is 1.31. The van der Waals surface area contributed by atoms with Gasteiger partial charge in [-0.25, -0.2) is 9.97 Å². The standard InChI is InChI=1S/C26H14Br4N4/c27-22-12-21(24(28)26(30)25(22)29)20-10-19-9-17-4-3-15(32-17)7-13-1-2-14(31-13)8-16-5-6-18(33-16)11-23(20)34-19/h1-12,31,34H. The minimum absolute atomic E-state index is 0.881. The Hall–Kier alpha value is -2.26. The van der Waals surface area contributed by atoms with Crippen LogP contribution in [0.1, 0.15) is 22.8 Å². The van der Waals surface area contributed by atoms with Crippen LogP contribution in [0.25, 0.3) is 57.5 Å². The van der Waals surface area contributed by atoms with Gasteiger partial charge in [0.1, 0.15) is 0 Å². The van der Waals surface area contributed by atoms with E-state index in [1.54, 1.807) is 0 Å². The molecule has 0 aliphatic carbocycles. The summed E-state index contributed by atoms with van der Waals surface area (Å²) in [6, 6.07) is 16.5. The summed E-state index contributed by atoms with van der Waals surface area (Å²) in [5, 5.41) is 0. The van der Waals surface area contributed by atoms with Gasteiger partial charge in [-0.1, -0.05) is 0 Å². The number of H-pyrrole nitrogens is 2. The first kappa shape index (κ1) is 22.2. The van der Waals surface area contributed by atoms with Crippen LogP contribution in [0, 0.1) is 0 Å². The summed E-state index contributed by atoms with van der Waals surface area (Å²) < 4.78 is 3.82. The molecule has 166 valence electrons. The Kier molecular flexibility index (Phi) is 5.72. The number of aromatic nitrogens is 4. The van der Waals surface area contributed by atoms with E-state index in [1.165, 1.54) is 0 Å². The van der Waals surface area contributed by atoms with Crippen molar-refractivity contribution in [3.05, 3.63) is 89.2 Å². The fourth-order valence-electron chi connectivity index (χ4n) is 4.01. The number of fused-ring (bicyclic) bond motifs is 8. The van der Waals surface area contributed by atoms with Crippen LogP contribution in [0.2, 0.25) is 0 Å². The molecular formula is C26H14Br4N4. The van der Waals surface area contributed by atoms with Crippen LogP contribution >= 0.6 is 63.7 Å². The number of aromatic amines is 2. The van der Waals surface area contributed by atoms with Gasteiger partial charge in [-0.05, 0) is 137 Å². The van der Waals surface area contributed by atoms with Gasteiger partial charge in [-0.15, -0.1) is 0 Å². The molecule has 1 aromatic carbocycles. The Labute approximate surface area is 228 Å². The van der Waals surface area contributed by atoms with E-state index in [-0.39, 0.29) is 0 Å². The fraction of sp³-hybridized carbons (Fsp3) is 0.